The topological polar surface area (TPSA) is 53.5 Å². The van der Waals surface area contributed by atoms with Crippen LogP contribution in [0.2, 0.25) is 0 Å². The summed E-state index contributed by atoms with van der Waals surface area (Å²) >= 11 is 0. The predicted octanol–water partition coefficient (Wildman–Crippen LogP) is 4.88. The van der Waals surface area contributed by atoms with Crippen LogP contribution in [0.25, 0.3) is 16.3 Å². The average molecular weight is 496 g/mol. The van der Waals surface area contributed by atoms with Gasteiger partial charge in [0.25, 0.3) is 0 Å². The number of nitrogens with zero attached hydrogens (tertiary/aromatic N) is 4. The third kappa shape index (κ3) is 4.30. The van der Waals surface area contributed by atoms with Gasteiger partial charge in [0.15, 0.2) is 0 Å². The van der Waals surface area contributed by atoms with Crippen LogP contribution in [-0.4, -0.2) is 59.7 Å². The van der Waals surface area contributed by atoms with Crippen molar-refractivity contribution in [2.24, 2.45) is 0 Å². The second kappa shape index (κ2) is 9.41. The van der Waals surface area contributed by atoms with Gasteiger partial charge >= 0.3 is 6.01 Å². The lowest BCUT2D eigenvalue weighted by molar-refractivity contribution is 0.187. The number of hydrogen-bond donors (Lipinski definition) is 1. The van der Waals surface area contributed by atoms with Gasteiger partial charge in [0.1, 0.15) is 6.61 Å². The highest BCUT2D eigenvalue weighted by Crippen LogP contribution is 2.37. The van der Waals surface area contributed by atoms with Crippen LogP contribution in [-0.2, 0) is 13.0 Å². The van der Waals surface area contributed by atoms with E-state index in [1.54, 1.807) is 0 Å². The van der Waals surface area contributed by atoms with Crippen LogP contribution < -0.4 is 15.0 Å². The molecule has 4 aliphatic heterocycles. The molecule has 0 radical (unpaired) electrons. The molecule has 37 heavy (non-hydrogen) atoms. The second-order valence-corrected chi connectivity index (χ2v) is 11.4. The van der Waals surface area contributed by atoms with Crippen molar-refractivity contribution in [1.29, 1.82) is 0 Å². The number of anilines is 1. The Bertz CT molecular complexity index is 1360. The molecule has 0 saturated carbocycles. The van der Waals surface area contributed by atoms with E-state index in [1.165, 1.54) is 58.8 Å². The van der Waals surface area contributed by atoms with Crippen LogP contribution in [0.3, 0.4) is 0 Å². The van der Waals surface area contributed by atoms with E-state index in [2.05, 4.69) is 71.6 Å². The standard InChI is InChI=1S/C31H37N5O/c1-20-6-3-7-21-8-4-10-28(29(20)21)36-15-13-26-27(18-36)33-31(37-19-25-9-5-14-35(25)2)34-30(26)22-16-23-11-12-24(17-22)32-23/h3-4,6-8,10,16,23-25,32H,5,9,11-15,17-19H2,1-2H3/t23?,24?,25-/m0/s1. The highest BCUT2D eigenvalue weighted by Gasteiger charge is 2.32. The van der Waals surface area contributed by atoms with E-state index in [1.807, 2.05) is 0 Å². The van der Waals surface area contributed by atoms with Gasteiger partial charge in [-0.2, -0.15) is 9.97 Å². The Labute approximate surface area is 219 Å². The highest BCUT2D eigenvalue weighted by molar-refractivity contribution is 5.97. The minimum Gasteiger partial charge on any atom is -0.462 e. The third-order valence-electron chi connectivity index (χ3n) is 9.00. The van der Waals surface area contributed by atoms with Gasteiger partial charge < -0.3 is 19.9 Å². The van der Waals surface area contributed by atoms with Crippen molar-refractivity contribution in [1.82, 2.24) is 20.2 Å². The largest absolute Gasteiger partial charge is 0.462 e. The molecule has 3 aromatic rings. The average Bonchev–Trinajstić information content (AvgIpc) is 3.49. The van der Waals surface area contributed by atoms with E-state index >= 15 is 0 Å². The summed E-state index contributed by atoms with van der Waals surface area (Å²) in [5, 5.41) is 6.38. The molecule has 2 bridgehead atoms. The zero-order valence-corrected chi connectivity index (χ0v) is 22.0. The van der Waals surface area contributed by atoms with Crippen molar-refractivity contribution >= 4 is 22.0 Å². The molecule has 192 valence electrons. The van der Waals surface area contributed by atoms with Crippen LogP contribution in [0, 0.1) is 6.92 Å². The molecular weight excluding hydrogens is 458 g/mol. The first-order valence-corrected chi connectivity index (χ1v) is 14.1. The van der Waals surface area contributed by atoms with Crippen LogP contribution in [0.4, 0.5) is 5.69 Å². The predicted molar refractivity (Wildman–Crippen MR) is 149 cm³/mol. The summed E-state index contributed by atoms with van der Waals surface area (Å²) in [7, 11) is 2.19. The summed E-state index contributed by atoms with van der Waals surface area (Å²) in [6.07, 6.45) is 9.35. The van der Waals surface area contributed by atoms with E-state index in [0.29, 0.717) is 30.7 Å². The fraction of sp³-hybridized carbons (Fsp3) is 0.484. The summed E-state index contributed by atoms with van der Waals surface area (Å²) in [4.78, 5) is 15.0. The monoisotopic (exact) mass is 495 g/mol. The fourth-order valence-electron chi connectivity index (χ4n) is 6.97. The smallest absolute Gasteiger partial charge is 0.317 e. The van der Waals surface area contributed by atoms with Gasteiger partial charge in [-0.3, -0.25) is 0 Å². The first kappa shape index (κ1) is 23.2. The Morgan fingerprint density at radius 1 is 1.05 bits per heavy atom. The van der Waals surface area contributed by atoms with E-state index in [9.17, 15) is 0 Å². The number of nitrogens with one attached hydrogen (secondary N) is 1. The Kier molecular flexibility index (Phi) is 5.89. The van der Waals surface area contributed by atoms with Gasteiger partial charge in [-0.05, 0) is 81.6 Å². The molecule has 2 aromatic carbocycles. The molecule has 1 aromatic heterocycles. The molecule has 1 N–H and O–H groups in total. The van der Waals surface area contributed by atoms with Gasteiger partial charge in [-0.15, -0.1) is 0 Å². The molecule has 2 fully saturated rings. The van der Waals surface area contributed by atoms with Crippen molar-refractivity contribution in [3.8, 4) is 6.01 Å². The summed E-state index contributed by atoms with van der Waals surface area (Å²) in [6.45, 7) is 5.78. The molecule has 0 amide bonds. The molecule has 5 heterocycles. The number of ether oxygens (including phenoxy) is 1. The maximum Gasteiger partial charge on any atom is 0.317 e. The molecule has 0 spiro atoms. The SMILES string of the molecule is Cc1cccc2cccc(N3CCc4c(nc(OC[C@@H]5CCCN5C)nc4C4=CC5CCC(C4)N5)C3)c12. The molecule has 6 nitrogen and oxygen atoms in total. The number of aryl methyl sites for hydroxylation is 1. The summed E-state index contributed by atoms with van der Waals surface area (Å²) in [5.74, 6) is 0. The summed E-state index contributed by atoms with van der Waals surface area (Å²) < 4.78 is 6.33. The Balaban J connectivity index is 1.25. The quantitative estimate of drug-likeness (QED) is 0.544. The maximum atomic E-state index is 6.33. The van der Waals surface area contributed by atoms with E-state index in [4.69, 9.17) is 14.7 Å². The van der Waals surface area contributed by atoms with Gasteiger partial charge in [-0.1, -0.05) is 36.4 Å². The van der Waals surface area contributed by atoms with Crippen LogP contribution in [0.1, 0.15) is 54.6 Å². The summed E-state index contributed by atoms with van der Waals surface area (Å²) in [5.41, 5.74) is 7.61. The molecular formula is C31H37N5O. The lowest BCUT2D eigenvalue weighted by atomic mass is 9.92. The molecule has 6 heteroatoms. The van der Waals surface area contributed by atoms with E-state index < -0.39 is 0 Å². The van der Waals surface area contributed by atoms with Crippen molar-refractivity contribution in [3.63, 3.8) is 0 Å². The highest BCUT2D eigenvalue weighted by atomic mass is 16.5. The molecule has 0 aliphatic carbocycles. The Morgan fingerprint density at radius 2 is 1.95 bits per heavy atom. The van der Waals surface area contributed by atoms with Crippen molar-refractivity contribution in [2.75, 3.05) is 31.6 Å². The maximum absolute atomic E-state index is 6.33. The van der Waals surface area contributed by atoms with Gasteiger partial charge in [-0.25, -0.2) is 0 Å². The zero-order chi connectivity index (χ0) is 24.9. The minimum absolute atomic E-state index is 0.451. The first-order chi connectivity index (χ1) is 18.1. The van der Waals surface area contributed by atoms with Crippen molar-refractivity contribution < 1.29 is 4.74 Å². The number of rotatable bonds is 5. The van der Waals surface area contributed by atoms with E-state index in [0.717, 1.165) is 43.9 Å². The molecule has 4 aliphatic rings. The summed E-state index contributed by atoms with van der Waals surface area (Å²) in [6, 6.07) is 15.3. The number of hydrogen-bond acceptors (Lipinski definition) is 6. The number of fused-ring (bicyclic) bond motifs is 4. The zero-order valence-electron chi connectivity index (χ0n) is 22.0. The molecule has 2 saturated heterocycles. The van der Waals surface area contributed by atoms with Crippen LogP contribution in [0.15, 0.2) is 42.5 Å². The van der Waals surface area contributed by atoms with Crippen molar-refractivity contribution in [2.45, 2.75) is 70.1 Å². The minimum atomic E-state index is 0.451. The van der Waals surface area contributed by atoms with E-state index in [-0.39, 0.29) is 0 Å². The lowest BCUT2D eigenvalue weighted by Gasteiger charge is -2.33. The van der Waals surface area contributed by atoms with Crippen molar-refractivity contribution in [3.05, 3.63) is 65.0 Å². The molecule has 2 unspecified atom stereocenters. The number of benzene rings is 2. The van der Waals surface area contributed by atoms with Gasteiger partial charge in [0, 0.05) is 41.3 Å². The van der Waals surface area contributed by atoms with Gasteiger partial charge in [0.2, 0.25) is 0 Å². The van der Waals surface area contributed by atoms with Crippen LogP contribution in [0.5, 0.6) is 6.01 Å². The molecule has 7 rings (SSSR count). The lowest BCUT2D eigenvalue weighted by Crippen LogP contribution is -2.35. The number of aromatic nitrogens is 2. The third-order valence-corrected chi connectivity index (χ3v) is 9.00. The fourth-order valence-corrected chi connectivity index (χ4v) is 6.97. The number of likely N-dealkylation sites (tertiary alicyclic amines) is 1. The Morgan fingerprint density at radius 3 is 2.78 bits per heavy atom. The van der Waals surface area contributed by atoms with Gasteiger partial charge in [0.05, 0.1) is 17.9 Å². The first-order valence-electron chi connectivity index (χ1n) is 14.1. The normalized spacial score (nSPS) is 25.4. The number of likely N-dealkylation sites (N-methyl/N-ethyl adjacent to an activating group) is 1. The second-order valence-electron chi connectivity index (χ2n) is 11.4. The molecule has 3 atom stereocenters. The van der Waals surface area contributed by atoms with Crippen LogP contribution >= 0.6 is 0 Å². The Hall–Kier alpha value is -2.96.